The second-order valence-corrected chi connectivity index (χ2v) is 5.49. The summed E-state index contributed by atoms with van der Waals surface area (Å²) in [6.07, 6.45) is 1.79. The molecular formula is C19H20N4O4Y. The predicted octanol–water partition coefficient (Wildman–Crippen LogP) is 3.39. The number of aromatic nitrogens is 2. The molecule has 2 aromatic carbocycles. The number of rotatable bonds is 4. The van der Waals surface area contributed by atoms with Gasteiger partial charge in [-0.2, -0.15) is 4.73 Å². The van der Waals surface area contributed by atoms with Crippen LogP contribution in [0, 0.1) is 10.1 Å². The standard InChI is InChI=1S/C17H14N4O4.C2H6.Y/c1-11(19(2)10-22)12-3-5-13(6-4-12)17-18-15-8-7-14(21(24)25)9-16(15)20(17)23;1-2;/h3-9,23H,1-2H3;1-2H3;. The van der Waals surface area contributed by atoms with Crippen molar-refractivity contribution in [3.8, 4) is 11.4 Å². The molecule has 1 heterocycles. The first-order valence-corrected chi connectivity index (χ1v) is 8.34. The number of amides is 1. The van der Waals surface area contributed by atoms with Gasteiger partial charge in [0.25, 0.3) is 12.1 Å². The molecule has 143 valence electrons. The van der Waals surface area contributed by atoms with Crippen molar-refractivity contribution in [2.75, 3.05) is 7.05 Å². The van der Waals surface area contributed by atoms with Gasteiger partial charge in [-0.05, 0) is 18.6 Å². The quantitative estimate of drug-likeness (QED) is 0.123. The molecule has 8 nitrogen and oxygen atoms in total. The van der Waals surface area contributed by atoms with Crippen LogP contribution in [0.3, 0.4) is 0 Å². The Balaban J connectivity index is 0.00000127. The van der Waals surface area contributed by atoms with Crippen LogP contribution < -0.4 is 0 Å². The van der Waals surface area contributed by atoms with E-state index in [0.29, 0.717) is 11.1 Å². The molecule has 1 radical (unpaired) electrons. The third kappa shape index (κ3) is 4.69. The van der Waals surface area contributed by atoms with Gasteiger partial charge >= 0.3 is 0 Å². The van der Waals surface area contributed by atoms with Crippen LogP contribution in [-0.4, -0.2) is 43.6 Å². The number of carbonyl (C=O) groups excluding carboxylic acids is 1. The van der Waals surface area contributed by atoms with E-state index in [1.165, 1.54) is 22.8 Å². The van der Waals surface area contributed by atoms with Crippen molar-refractivity contribution < 1.29 is 52.2 Å². The second kappa shape index (κ2) is 10.2. The molecule has 0 bridgehead atoms. The fourth-order valence-electron chi connectivity index (χ4n) is 2.47. The van der Waals surface area contributed by atoms with E-state index in [1.807, 2.05) is 13.8 Å². The Morgan fingerprint density at radius 3 is 2.32 bits per heavy atom. The van der Waals surface area contributed by atoms with E-state index in [1.54, 1.807) is 44.6 Å². The molecule has 1 N–H and O–H groups in total. The molecule has 3 rings (SSSR count). The normalized spacial score (nSPS) is 11.0. The van der Waals surface area contributed by atoms with Crippen LogP contribution >= 0.6 is 0 Å². The summed E-state index contributed by atoms with van der Waals surface area (Å²) in [7, 11) is 1.61. The molecule has 0 saturated carbocycles. The van der Waals surface area contributed by atoms with Crippen molar-refractivity contribution in [3.05, 3.63) is 58.1 Å². The number of hydrogen-bond donors (Lipinski definition) is 1. The average molecular weight is 457 g/mol. The Morgan fingerprint density at radius 1 is 1.18 bits per heavy atom. The molecule has 1 amide bonds. The third-order valence-electron chi connectivity index (χ3n) is 4.03. The van der Waals surface area contributed by atoms with Crippen LogP contribution in [0.25, 0.3) is 22.4 Å². The zero-order chi connectivity index (χ0) is 20.1. The Morgan fingerprint density at radius 2 is 1.79 bits per heavy atom. The van der Waals surface area contributed by atoms with Gasteiger partial charge < -0.3 is 14.6 Å². The maximum Gasteiger partial charge on any atom is 0.287 e. The minimum atomic E-state index is -0.528. The van der Waals surface area contributed by atoms with Crippen molar-refractivity contribution in [1.29, 1.82) is 0 Å². The van der Waals surface area contributed by atoms with Crippen LogP contribution in [0.2, 0.25) is 0 Å². The number of imidazole rings is 1. The van der Waals surface area contributed by atoms with E-state index in [-0.39, 0.29) is 49.7 Å². The summed E-state index contributed by atoms with van der Waals surface area (Å²) in [5.41, 5.74) is 2.77. The minimum absolute atomic E-state index is 0. The fourth-order valence-corrected chi connectivity index (χ4v) is 2.47. The van der Waals surface area contributed by atoms with Crippen LogP contribution in [0.5, 0.6) is 0 Å². The fraction of sp³-hybridized carbons (Fsp3) is 0.211. The zero-order valence-electron chi connectivity index (χ0n) is 16.1. The summed E-state index contributed by atoms with van der Waals surface area (Å²) in [6.45, 7) is 5.79. The van der Waals surface area contributed by atoms with Crippen LogP contribution in [0.4, 0.5) is 5.69 Å². The van der Waals surface area contributed by atoms with Crippen molar-refractivity contribution in [1.82, 2.24) is 9.71 Å². The maximum atomic E-state index is 10.9. The average Bonchev–Trinajstić information content (AvgIpc) is 3.04. The molecular weight excluding hydrogens is 437 g/mol. The van der Waals surface area contributed by atoms with Crippen molar-refractivity contribution in [2.24, 2.45) is 0 Å². The van der Waals surface area contributed by atoms with Gasteiger partial charge in [0.1, 0.15) is 12.6 Å². The molecule has 0 fully saturated rings. The first kappa shape index (κ1) is 23.6. The van der Waals surface area contributed by atoms with Gasteiger partial charge in [-0.15, -0.1) is 0 Å². The van der Waals surface area contributed by atoms with E-state index in [0.717, 1.165) is 16.0 Å². The molecule has 0 spiro atoms. The van der Waals surface area contributed by atoms with E-state index < -0.39 is 4.92 Å². The van der Waals surface area contributed by atoms with Gasteiger partial charge in [0.05, 0.1) is 10.4 Å². The summed E-state index contributed by atoms with van der Waals surface area (Å²) in [4.78, 5) is 25.4. The summed E-state index contributed by atoms with van der Waals surface area (Å²) in [5, 5.41) is 21.2. The summed E-state index contributed by atoms with van der Waals surface area (Å²) in [5.74, 6) is 0.273. The van der Waals surface area contributed by atoms with Gasteiger partial charge in [0, 0.05) is 56.1 Å². The molecule has 28 heavy (non-hydrogen) atoms. The largest absolute Gasteiger partial charge is 0.426 e. The van der Waals surface area contributed by atoms with E-state index in [4.69, 9.17) is 0 Å². The summed E-state index contributed by atoms with van der Waals surface area (Å²) in [6, 6.07) is 11.2. The number of fused-ring (bicyclic) bond motifs is 1. The smallest absolute Gasteiger partial charge is 0.287 e. The topological polar surface area (TPSA) is 101 Å². The Labute approximate surface area is 187 Å². The first-order chi connectivity index (χ1) is 12.9. The number of nitrogens with zero attached hydrogens (tertiary/aromatic N) is 4. The van der Waals surface area contributed by atoms with Crippen LogP contribution in [0.1, 0.15) is 26.3 Å². The van der Waals surface area contributed by atoms with Crippen LogP contribution in [-0.2, 0) is 37.5 Å². The Hall–Kier alpha value is -2.45. The van der Waals surface area contributed by atoms with Gasteiger partial charge in [0.15, 0.2) is 5.82 Å². The van der Waals surface area contributed by atoms with Crippen molar-refractivity contribution in [2.45, 2.75) is 20.8 Å². The molecule has 0 saturated heterocycles. The first-order valence-electron chi connectivity index (χ1n) is 8.34. The molecule has 0 unspecified atom stereocenters. The molecule has 9 heteroatoms. The summed E-state index contributed by atoms with van der Waals surface area (Å²) < 4.78 is 2.18. The molecule has 0 aliphatic rings. The zero-order valence-corrected chi connectivity index (χ0v) is 18.9. The SMILES string of the molecule is CC.CC(c1ccc(-c2nc3ccc([N+](=O)[O-])cc3n2O)cc1)=[N+](C)[C-]=O.[Y]. The van der Waals surface area contributed by atoms with Gasteiger partial charge in [-0.1, -0.05) is 38.1 Å². The molecule has 0 aliphatic heterocycles. The monoisotopic (exact) mass is 457 g/mol. The van der Waals surface area contributed by atoms with Gasteiger partial charge in [-0.25, -0.2) is 4.98 Å². The number of benzene rings is 2. The van der Waals surface area contributed by atoms with Crippen LogP contribution in [0.15, 0.2) is 42.5 Å². The van der Waals surface area contributed by atoms with Crippen molar-refractivity contribution >= 4 is 28.8 Å². The van der Waals surface area contributed by atoms with Gasteiger partial charge in [-0.3, -0.25) is 10.1 Å². The number of non-ortho nitro benzene ring substituents is 1. The van der Waals surface area contributed by atoms with E-state index in [9.17, 15) is 20.1 Å². The molecule has 0 atom stereocenters. The molecule has 3 aromatic rings. The minimum Gasteiger partial charge on any atom is -0.426 e. The second-order valence-electron chi connectivity index (χ2n) is 5.49. The van der Waals surface area contributed by atoms with E-state index in [2.05, 4.69) is 4.98 Å². The number of nitro groups is 1. The van der Waals surface area contributed by atoms with Gasteiger partial charge in [0.2, 0.25) is 0 Å². The third-order valence-corrected chi connectivity index (χ3v) is 4.03. The Kier molecular flexibility index (Phi) is 8.59. The molecule has 1 aromatic heterocycles. The maximum absolute atomic E-state index is 10.9. The number of hydrogen-bond acceptors (Lipinski definition) is 5. The number of nitro benzene ring substituents is 1. The molecule has 0 aliphatic carbocycles. The van der Waals surface area contributed by atoms with Crippen molar-refractivity contribution in [3.63, 3.8) is 0 Å². The summed E-state index contributed by atoms with van der Waals surface area (Å²) >= 11 is 0. The van der Waals surface area contributed by atoms with E-state index >= 15 is 0 Å². The Bertz CT molecular complexity index is 1030. The predicted molar refractivity (Wildman–Crippen MR) is 102 cm³/mol.